The van der Waals surface area contributed by atoms with Gasteiger partial charge in [-0.3, -0.25) is 29.0 Å². The zero-order chi connectivity index (χ0) is 25.6. The number of alkyl halides is 2. The second kappa shape index (κ2) is 7.61. The molecule has 0 radical (unpaired) electrons. The lowest BCUT2D eigenvalue weighted by molar-refractivity contribution is -0.140. The maximum absolute atomic E-state index is 13.5. The van der Waals surface area contributed by atoms with Crippen LogP contribution in [0, 0.1) is 17.8 Å². The minimum Gasteiger partial charge on any atom is -0.502 e. The summed E-state index contributed by atoms with van der Waals surface area (Å²) < 4.78 is 10.6. The highest BCUT2D eigenvalue weighted by Gasteiger charge is 2.75. The van der Waals surface area contributed by atoms with Gasteiger partial charge in [-0.15, -0.1) is 23.2 Å². The zero-order valence-electron chi connectivity index (χ0n) is 19.5. The van der Waals surface area contributed by atoms with Crippen molar-refractivity contribution >= 4 is 46.8 Å². The predicted molar refractivity (Wildman–Crippen MR) is 124 cm³/mol. The molecular weight excluding hydrogens is 499 g/mol. The van der Waals surface area contributed by atoms with Crippen LogP contribution in [-0.4, -0.2) is 76.6 Å². The molecule has 2 saturated heterocycles. The minimum absolute atomic E-state index is 0.0737. The Kier molecular flexibility index (Phi) is 5.20. The number of hydrogen-bond donors (Lipinski definition) is 1. The number of phenols is 1. The van der Waals surface area contributed by atoms with E-state index in [0.717, 1.165) is 9.80 Å². The smallest absolute Gasteiger partial charge is 0.253 e. The number of halogens is 2. The van der Waals surface area contributed by atoms with Gasteiger partial charge in [0.2, 0.25) is 17.6 Å². The summed E-state index contributed by atoms with van der Waals surface area (Å²) in [4.78, 5) is 51.0. The number of methoxy groups -OCH3 is 2. The number of phenolic OH excluding ortho intramolecular Hbond substituents is 1. The molecular formula is C24H24Cl2N2O7. The van der Waals surface area contributed by atoms with Gasteiger partial charge in [-0.05, 0) is 36.5 Å². The quantitative estimate of drug-likeness (QED) is 0.367. The number of imide groups is 2. The van der Waals surface area contributed by atoms with Gasteiger partial charge in [-0.25, -0.2) is 0 Å². The van der Waals surface area contributed by atoms with Crippen molar-refractivity contribution in [3.63, 3.8) is 0 Å². The van der Waals surface area contributed by atoms with Crippen molar-refractivity contribution in [1.29, 1.82) is 0 Å². The van der Waals surface area contributed by atoms with Gasteiger partial charge in [0.25, 0.3) is 11.8 Å². The second-order valence-electron chi connectivity index (χ2n) is 9.51. The Hall–Kier alpha value is -2.78. The van der Waals surface area contributed by atoms with E-state index in [-0.39, 0.29) is 41.9 Å². The molecule has 3 fully saturated rings. The Bertz CT molecular complexity index is 1210. The molecule has 2 aliphatic carbocycles. The lowest BCUT2D eigenvalue weighted by Crippen LogP contribution is -2.60. The van der Waals surface area contributed by atoms with E-state index >= 15 is 0 Å². The van der Waals surface area contributed by atoms with Crippen molar-refractivity contribution in [2.24, 2.45) is 17.8 Å². The summed E-state index contributed by atoms with van der Waals surface area (Å²) >= 11 is 14.2. The van der Waals surface area contributed by atoms with Crippen LogP contribution < -0.4 is 9.47 Å². The molecule has 11 heteroatoms. The molecule has 0 bridgehead atoms. The van der Waals surface area contributed by atoms with E-state index in [1.165, 1.54) is 40.4 Å². The van der Waals surface area contributed by atoms with Crippen LogP contribution in [0.4, 0.5) is 0 Å². The van der Waals surface area contributed by atoms with Gasteiger partial charge in [0.05, 0.1) is 26.1 Å². The van der Waals surface area contributed by atoms with Gasteiger partial charge >= 0.3 is 0 Å². The number of fused-ring (bicyclic) bond motifs is 4. The summed E-state index contributed by atoms with van der Waals surface area (Å²) in [5.74, 6) is -4.88. The third-order valence-corrected chi connectivity index (χ3v) is 9.48. The number of nitrogens with zero attached hydrogens (tertiary/aromatic N) is 2. The molecule has 0 aromatic heterocycles. The van der Waals surface area contributed by atoms with Crippen molar-refractivity contribution in [2.75, 3.05) is 28.3 Å². The van der Waals surface area contributed by atoms with Gasteiger partial charge < -0.3 is 14.6 Å². The Balaban J connectivity index is 1.78. The maximum Gasteiger partial charge on any atom is 0.253 e. The number of carbonyl (C=O) groups excluding carboxylic acids is 4. The molecule has 35 heavy (non-hydrogen) atoms. The van der Waals surface area contributed by atoms with Gasteiger partial charge in [-0.2, -0.15) is 0 Å². The second-order valence-corrected chi connectivity index (χ2v) is 10.7. The van der Waals surface area contributed by atoms with E-state index in [0.29, 0.717) is 11.1 Å². The van der Waals surface area contributed by atoms with Crippen molar-refractivity contribution in [3.05, 3.63) is 29.3 Å². The number of likely N-dealkylation sites (tertiary alicyclic amines) is 2. The molecule has 1 saturated carbocycles. The van der Waals surface area contributed by atoms with Crippen LogP contribution in [0.2, 0.25) is 0 Å². The molecule has 4 amide bonds. The highest BCUT2D eigenvalue weighted by Crippen LogP contribution is 2.65. The maximum atomic E-state index is 13.5. The fourth-order valence-electron chi connectivity index (χ4n) is 6.36. The molecule has 1 aromatic rings. The molecule has 0 spiro atoms. The number of amides is 4. The number of aromatic hydroxyl groups is 1. The summed E-state index contributed by atoms with van der Waals surface area (Å²) in [6.07, 6.45) is 2.05. The van der Waals surface area contributed by atoms with E-state index in [9.17, 15) is 24.3 Å². The summed E-state index contributed by atoms with van der Waals surface area (Å²) in [6, 6.07) is 3.03. The number of rotatable bonds is 3. The SMILES string of the molecule is COc1cc(C2C3=CCC4C(=O)N(C)C(=O)C4C3CC3(Cl)C(=O)N(C)C(=O)C23Cl)cc(OC)c1O. The molecule has 1 N–H and O–H groups in total. The van der Waals surface area contributed by atoms with E-state index in [1.54, 1.807) is 0 Å². The van der Waals surface area contributed by atoms with E-state index in [1.807, 2.05) is 6.08 Å². The Morgan fingerprint density at radius 2 is 1.54 bits per heavy atom. The highest BCUT2D eigenvalue weighted by atomic mass is 35.5. The fourth-order valence-corrected chi connectivity index (χ4v) is 7.38. The molecule has 4 aliphatic rings. The van der Waals surface area contributed by atoms with Crippen LogP contribution in [-0.2, 0) is 19.2 Å². The molecule has 6 unspecified atom stereocenters. The van der Waals surface area contributed by atoms with Crippen LogP contribution in [0.3, 0.4) is 0 Å². The fraction of sp³-hybridized carbons (Fsp3) is 0.500. The van der Waals surface area contributed by atoms with E-state index in [4.69, 9.17) is 32.7 Å². The molecule has 2 heterocycles. The highest BCUT2D eigenvalue weighted by molar-refractivity contribution is 6.53. The van der Waals surface area contributed by atoms with Crippen LogP contribution in [0.1, 0.15) is 24.3 Å². The van der Waals surface area contributed by atoms with Gasteiger partial charge in [0, 0.05) is 20.0 Å². The molecule has 6 atom stereocenters. The first-order valence-corrected chi connectivity index (χ1v) is 11.9. The zero-order valence-corrected chi connectivity index (χ0v) is 21.0. The third kappa shape index (κ3) is 2.76. The predicted octanol–water partition coefficient (Wildman–Crippen LogP) is 2.03. The van der Waals surface area contributed by atoms with Crippen molar-refractivity contribution < 1.29 is 33.8 Å². The largest absolute Gasteiger partial charge is 0.502 e. The molecule has 186 valence electrons. The summed E-state index contributed by atoms with van der Waals surface area (Å²) in [7, 11) is 5.50. The van der Waals surface area contributed by atoms with Crippen LogP contribution in [0.15, 0.2) is 23.8 Å². The van der Waals surface area contributed by atoms with Crippen LogP contribution >= 0.6 is 23.2 Å². The number of benzene rings is 1. The van der Waals surface area contributed by atoms with Crippen LogP contribution in [0.5, 0.6) is 17.2 Å². The Morgan fingerprint density at radius 3 is 2.11 bits per heavy atom. The first-order chi connectivity index (χ1) is 16.4. The van der Waals surface area contributed by atoms with E-state index < -0.39 is 45.2 Å². The van der Waals surface area contributed by atoms with Gasteiger partial charge in [0.1, 0.15) is 0 Å². The van der Waals surface area contributed by atoms with Gasteiger partial charge in [-0.1, -0.05) is 11.6 Å². The minimum atomic E-state index is -1.92. The van der Waals surface area contributed by atoms with Crippen molar-refractivity contribution in [1.82, 2.24) is 9.80 Å². The summed E-state index contributed by atoms with van der Waals surface area (Å²) in [5, 5.41) is 10.5. The summed E-state index contributed by atoms with van der Waals surface area (Å²) in [5.41, 5.74) is 1.08. The number of ether oxygens (including phenoxy) is 2. The van der Waals surface area contributed by atoms with Gasteiger partial charge in [0.15, 0.2) is 21.2 Å². The number of hydrogen-bond acceptors (Lipinski definition) is 7. The standard InChI is InChI=1S/C24H24Cl2N2O7/c1-27-19(30)12-6-5-11-13(16(12)20(27)31)9-23(25)21(32)28(2)22(33)24(23,26)17(11)10-7-14(34-3)18(29)15(8-10)35-4/h5,7-8,12-13,16-17,29H,6,9H2,1-4H3. The molecule has 2 aliphatic heterocycles. The number of allylic oxidation sites excluding steroid dienone is 2. The molecule has 1 aromatic carbocycles. The lowest BCUT2D eigenvalue weighted by Gasteiger charge is -2.50. The molecule has 9 nitrogen and oxygen atoms in total. The van der Waals surface area contributed by atoms with Crippen molar-refractivity contribution in [2.45, 2.75) is 28.5 Å². The van der Waals surface area contributed by atoms with E-state index in [2.05, 4.69) is 0 Å². The monoisotopic (exact) mass is 522 g/mol. The average molecular weight is 523 g/mol. The molecule has 5 rings (SSSR count). The topological polar surface area (TPSA) is 113 Å². The average Bonchev–Trinajstić information content (AvgIpc) is 3.14. The Morgan fingerprint density at radius 1 is 0.943 bits per heavy atom. The lowest BCUT2D eigenvalue weighted by atomic mass is 9.56. The summed E-state index contributed by atoms with van der Waals surface area (Å²) in [6.45, 7) is 0. The van der Waals surface area contributed by atoms with Crippen LogP contribution in [0.25, 0.3) is 0 Å². The Labute approximate surface area is 211 Å². The van der Waals surface area contributed by atoms with Crippen molar-refractivity contribution in [3.8, 4) is 17.2 Å². The third-order valence-electron chi connectivity index (χ3n) is 8.07. The first kappa shape index (κ1) is 23.9. The normalized spacial score (nSPS) is 36.1. The number of carbonyl (C=O) groups is 4. The first-order valence-electron chi connectivity index (χ1n) is 11.1.